The van der Waals surface area contributed by atoms with Crippen molar-refractivity contribution in [3.63, 3.8) is 0 Å². The van der Waals surface area contributed by atoms with E-state index in [4.69, 9.17) is 15.0 Å². The van der Waals surface area contributed by atoms with Crippen LogP contribution in [0.15, 0.2) is 24.4 Å². The smallest absolute Gasteiger partial charge is 0.399 e. The first-order valence-corrected chi connectivity index (χ1v) is 6.90. The number of hydrogen-bond donors (Lipinski definition) is 1. The van der Waals surface area contributed by atoms with Gasteiger partial charge in [-0.1, -0.05) is 12.1 Å². The molecule has 1 aromatic heterocycles. The Labute approximate surface area is 123 Å². The molecule has 110 valence electrons. The van der Waals surface area contributed by atoms with Crippen LogP contribution in [-0.2, 0) is 9.31 Å². The van der Waals surface area contributed by atoms with Crippen LogP contribution in [0.5, 0.6) is 0 Å². The van der Waals surface area contributed by atoms with Crippen molar-refractivity contribution in [1.82, 2.24) is 4.98 Å². The van der Waals surface area contributed by atoms with Crippen LogP contribution in [0.3, 0.4) is 0 Å². The minimum absolute atomic E-state index is 0.366. The van der Waals surface area contributed by atoms with Gasteiger partial charge in [0.1, 0.15) is 11.6 Å². The highest BCUT2D eigenvalue weighted by molar-refractivity contribution is 6.62. The van der Waals surface area contributed by atoms with Gasteiger partial charge in [0.2, 0.25) is 0 Å². The molecule has 4 nitrogen and oxygen atoms in total. The van der Waals surface area contributed by atoms with E-state index in [9.17, 15) is 4.39 Å². The van der Waals surface area contributed by atoms with Crippen molar-refractivity contribution in [2.75, 3.05) is 5.73 Å². The minimum atomic E-state index is -0.725. The molecule has 21 heavy (non-hydrogen) atoms. The maximum atomic E-state index is 14.7. The summed E-state index contributed by atoms with van der Waals surface area (Å²) in [5.74, 6) is -0.0104. The molecule has 0 saturated carbocycles. The molecule has 1 saturated heterocycles. The lowest BCUT2D eigenvalue weighted by Crippen LogP contribution is -2.41. The fraction of sp³-hybridized carbons (Fsp3) is 0.400. The van der Waals surface area contributed by atoms with Crippen LogP contribution in [0.25, 0.3) is 10.8 Å². The maximum Gasteiger partial charge on any atom is 0.497 e. The Kier molecular flexibility index (Phi) is 3.01. The number of benzene rings is 1. The summed E-state index contributed by atoms with van der Waals surface area (Å²) in [4.78, 5) is 3.95. The van der Waals surface area contributed by atoms with E-state index in [-0.39, 0.29) is 5.82 Å². The van der Waals surface area contributed by atoms with Crippen molar-refractivity contribution in [1.29, 1.82) is 0 Å². The van der Waals surface area contributed by atoms with Crippen LogP contribution in [0, 0.1) is 5.82 Å². The number of nitrogen functional groups attached to an aromatic ring is 1. The summed E-state index contributed by atoms with van der Waals surface area (Å²) in [6.45, 7) is 7.75. The van der Waals surface area contributed by atoms with Crippen molar-refractivity contribution >= 4 is 29.2 Å². The summed E-state index contributed by atoms with van der Waals surface area (Å²) in [5.41, 5.74) is 5.00. The van der Waals surface area contributed by atoms with Crippen LogP contribution in [0.1, 0.15) is 27.7 Å². The molecule has 0 unspecified atom stereocenters. The fourth-order valence-electron chi connectivity index (χ4n) is 2.37. The first kappa shape index (κ1) is 14.3. The largest absolute Gasteiger partial charge is 0.497 e. The molecule has 3 rings (SSSR count). The molecule has 1 aromatic carbocycles. The predicted octanol–water partition coefficient (Wildman–Crippen LogP) is 2.26. The van der Waals surface area contributed by atoms with E-state index in [0.29, 0.717) is 22.1 Å². The number of nitrogens with two attached hydrogens (primary N) is 1. The lowest BCUT2D eigenvalue weighted by atomic mass is 9.78. The molecular weight excluding hydrogens is 270 g/mol. The van der Waals surface area contributed by atoms with Gasteiger partial charge in [0.15, 0.2) is 0 Å². The van der Waals surface area contributed by atoms with E-state index < -0.39 is 18.3 Å². The van der Waals surface area contributed by atoms with E-state index >= 15 is 0 Å². The summed E-state index contributed by atoms with van der Waals surface area (Å²) in [5, 5.41) is 1.12. The SMILES string of the molecule is CC1(C)OB(c2ccc3cc(N)ncc3c2F)OC1(C)C. The fourth-order valence-corrected chi connectivity index (χ4v) is 2.37. The van der Waals surface area contributed by atoms with Crippen molar-refractivity contribution in [3.8, 4) is 0 Å². The van der Waals surface area contributed by atoms with Gasteiger partial charge in [0, 0.05) is 17.0 Å². The predicted molar refractivity (Wildman–Crippen MR) is 81.8 cm³/mol. The molecule has 1 fully saturated rings. The van der Waals surface area contributed by atoms with Gasteiger partial charge in [-0.15, -0.1) is 0 Å². The monoisotopic (exact) mass is 288 g/mol. The van der Waals surface area contributed by atoms with Gasteiger partial charge in [-0.05, 0) is 39.1 Å². The quantitative estimate of drug-likeness (QED) is 0.818. The average Bonchev–Trinajstić information content (AvgIpc) is 2.58. The van der Waals surface area contributed by atoms with Gasteiger partial charge in [-0.25, -0.2) is 9.37 Å². The Morgan fingerprint density at radius 1 is 1.14 bits per heavy atom. The number of nitrogens with zero attached hydrogens (tertiary/aromatic N) is 1. The maximum absolute atomic E-state index is 14.7. The third-order valence-electron chi connectivity index (χ3n) is 4.40. The second-order valence-corrected chi connectivity index (χ2v) is 6.39. The van der Waals surface area contributed by atoms with Gasteiger partial charge < -0.3 is 15.0 Å². The number of fused-ring (bicyclic) bond motifs is 1. The molecular formula is C15H18BFN2O2. The summed E-state index contributed by atoms with van der Waals surface area (Å²) in [6.07, 6.45) is 1.44. The lowest BCUT2D eigenvalue weighted by molar-refractivity contribution is 0.00578. The molecule has 2 heterocycles. The van der Waals surface area contributed by atoms with Gasteiger partial charge in [0.25, 0.3) is 0 Å². The Bertz CT molecular complexity index is 702. The highest BCUT2D eigenvalue weighted by Crippen LogP contribution is 2.36. The molecule has 0 atom stereocenters. The molecule has 2 N–H and O–H groups in total. The van der Waals surface area contributed by atoms with Crippen LogP contribution >= 0.6 is 0 Å². The number of halogens is 1. The normalized spacial score (nSPS) is 20.1. The standard InChI is InChI=1S/C15H18BFN2O2/c1-14(2)15(3,4)21-16(20-14)11-6-5-9-7-12(18)19-8-10(9)13(11)17/h5-8H,1-4H3,(H2,18,19). The van der Waals surface area contributed by atoms with E-state index in [1.54, 1.807) is 18.2 Å². The first-order valence-electron chi connectivity index (χ1n) is 6.90. The zero-order chi connectivity index (χ0) is 15.4. The second kappa shape index (κ2) is 4.42. The van der Waals surface area contributed by atoms with Gasteiger partial charge in [0.05, 0.1) is 11.2 Å². The molecule has 0 aliphatic carbocycles. The van der Waals surface area contributed by atoms with Crippen LogP contribution in [0.2, 0.25) is 0 Å². The third kappa shape index (κ3) is 2.19. The molecule has 2 aromatic rings. The molecule has 6 heteroatoms. The van der Waals surface area contributed by atoms with E-state index in [1.165, 1.54) is 6.20 Å². The number of anilines is 1. The van der Waals surface area contributed by atoms with Gasteiger partial charge in [-0.3, -0.25) is 0 Å². The van der Waals surface area contributed by atoms with Crippen LogP contribution < -0.4 is 11.2 Å². The molecule has 1 aliphatic rings. The Morgan fingerprint density at radius 3 is 2.38 bits per heavy atom. The lowest BCUT2D eigenvalue weighted by Gasteiger charge is -2.32. The topological polar surface area (TPSA) is 57.4 Å². The summed E-state index contributed by atoms with van der Waals surface area (Å²) in [6, 6.07) is 5.13. The van der Waals surface area contributed by atoms with Crippen LogP contribution in [-0.4, -0.2) is 23.3 Å². The van der Waals surface area contributed by atoms with Gasteiger partial charge >= 0.3 is 7.12 Å². The highest BCUT2D eigenvalue weighted by atomic mass is 19.1. The molecule has 0 bridgehead atoms. The zero-order valence-electron chi connectivity index (χ0n) is 12.6. The minimum Gasteiger partial charge on any atom is -0.399 e. The van der Waals surface area contributed by atoms with E-state index in [1.807, 2.05) is 27.7 Å². The molecule has 0 spiro atoms. The first-order chi connectivity index (χ1) is 9.71. The van der Waals surface area contributed by atoms with Crippen LogP contribution in [0.4, 0.5) is 10.2 Å². The van der Waals surface area contributed by atoms with Crippen molar-refractivity contribution in [3.05, 3.63) is 30.2 Å². The van der Waals surface area contributed by atoms with Crippen molar-refractivity contribution in [2.45, 2.75) is 38.9 Å². The third-order valence-corrected chi connectivity index (χ3v) is 4.40. The summed E-state index contributed by atoms with van der Waals surface area (Å²) >= 11 is 0. The zero-order valence-corrected chi connectivity index (χ0v) is 12.6. The van der Waals surface area contributed by atoms with Crippen molar-refractivity contribution in [2.24, 2.45) is 0 Å². The Morgan fingerprint density at radius 2 is 1.76 bits per heavy atom. The number of hydrogen-bond acceptors (Lipinski definition) is 4. The number of rotatable bonds is 1. The average molecular weight is 288 g/mol. The van der Waals surface area contributed by atoms with E-state index in [2.05, 4.69) is 4.98 Å². The second-order valence-electron chi connectivity index (χ2n) is 6.39. The molecule has 1 aliphatic heterocycles. The molecule has 0 radical (unpaired) electrons. The van der Waals surface area contributed by atoms with E-state index in [0.717, 1.165) is 0 Å². The van der Waals surface area contributed by atoms with Crippen molar-refractivity contribution < 1.29 is 13.7 Å². The Hall–Kier alpha value is -1.66. The summed E-state index contributed by atoms with van der Waals surface area (Å²) < 4.78 is 26.5. The summed E-state index contributed by atoms with van der Waals surface area (Å²) in [7, 11) is -0.725. The Balaban J connectivity index is 2.07. The number of pyridine rings is 1. The molecule has 0 amide bonds. The number of aromatic nitrogens is 1. The highest BCUT2D eigenvalue weighted by Gasteiger charge is 2.52. The van der Waals surface area contributed by atoms with Gasteiger partial charge in [-0.2, -0.15) is 0 Å².